The fourth-order valence-corrected chi connectivity index (χ4v) is 5.13. The van der Waals surface area contributed by atoms with Gasteiger partial charge < -0.3 is 20.5 Å². The molecular formula is C27H32N2O5. The standard InChI is InChI=1S/C27H32N2O5/c1-17(25(30)29-24-14-6-13-22(24)26(31)32)8-7-15-28-27(33)34-16-23-20-11-4-2-9-18(20)19-10-3-5-12-21(19)23/h2-5,9-12,17,22-24H,6-8,13-16H2,1H3,(H,28,33)(H,29,30)(H,31,32)/t17?,22-,24+/m1/s1. The van der Waals surface area contributed by atoms with E-state index in [1.807, 2.05) is 31.2 Å². The number of amides is 2. The molecule has 1 unspecified atom stereocenters. The molecule has 1 fully saturated rings. The lowest BCUT2D eigenvalue weighted by Crippen LogP contribution is -2.42. The summed E-state index contributed by atoms with van der Waals surface area (Å²) in [4.78, 5) is 36.0. The Hall–Kier alpha value is -3.35. The predicted octanol–water partition coefficient (Wildman–Crippen LogP) is 4.31. The minimum absolute atomic E-state index is 0.0204. The van der Waals surface area contributed by atoms with Crippen molar-refractivity contribution < 1.29 is 24.2 Å². The van der Waals surface area contributed by atoms with Crippen LogP contribution in [-0.4, -0.2) is 42.3 Å². The van der Waals surface area contributed by atoms with Crippen molar-refractivity contribution in [2.75, 3.05) is 13.2 Å². The molecule has 0 radical (unpaired) electrons. The van der Waals surface area contributed by atoms with Crippen LogP contribution in [0.5, 0.6) is 0 Å². The minimum Gasteiger partial charge on any atom is -0.481 e. The lowest BCUT2D eigenvalue weighted by molar-refractivity contribution is -0.142. The highest BCUT2D eigenvalue weighted by atomic mass is 16.5. The van der Waals surface area contributed by atoms with Crippen LogP contribution in [0.3, 0.4) is 0 Å². The first-order chi connectivity index (χ1) is 16.5. The molecule has 7 nitrogen and oxygen atoms in total. The van der Waals surface area contributed by atoms with E-state index in [1.165, 1.54) is 22.3 Å². The van der Waals surface area contributed by atoms with Crippen molar-refractivity contribution in [2.45, 2.75) is 51.0 Å². The molecule has 2 aliphatic carbocycles. The van der Waals surface area contributed by atoms with Gasteiger partial charge in [-0.3, -0.25) is 9.59 Å². The zero-order valence-corrected chi connectivity index (χ0v) is 19.5. The number of carboxylic acid groups (broad SMARTS) is 1. The Morgan fingerprint density at radius 1 is 1.03 bits per heavy atom. The number of carboxylic acids is 1. The van der Waals surface area contributed by atoms with Gasteiger partial charge in [-0.25, -0.2) is 4.79 Å². The largest absolute Gasteiger partial charge is 0.481 e. The maximum Gasteiger partial charge on any atom is 0.407 e. The molecule has 0 aliphatic heterocycles. The molecular weight excluding hydrogens is 432 g/mol. The van der Waals surface area contributed by atoms with Crippen LogP contribution in [0.2, 0.25) is 0 Å². The summed E-state index contributed by atoms with van der Waals surface area (Å²) in [7, 11) is 0. The molecule has 34 heavy (non-hydrogen) atoms. The molecule has 3 N–H and O–H groups in total. The normalized spacial score (nSPS) is 19.7. The number of rotatable bonds is 9. The summed E-state index contributed by atoms with van der Waals surface area (Å²) in [5.74, 6) is -1.69. The van der Waals surface area contributed by atoms with E-state index in [0.717, 1.165) is 6.42 Å². The fourth-order valence-electron chi connectivity index (χ4n) is 5.13. The zero-order valence-electron chi connectivity index (χ0n) is 19.5. The predicted molar refractivity (Wildman–Crippen MR) is 128 cm³/mol. The number of fused-ring (bicyclic) bond motifs is 3. The third kappa shape index (κ3) is 5.24. The van der Waals surface area contributed by atoms with Crippen LogP contribution in [0, 0.1) is 11.8 Å². The second-order valence-electron chi connectivity index (χ2n) is 9.29. The van der Waals surface area contributed by atoms with Gasteiger partial charge in [0.15, 0.2) is 0 Å². The second-order valence-corrected chi connectivity index (χ2v) is 9.29. The van der Waals surface area contributed by atoms with Gasteiger partial charge in [0.1, 0.15) is 6.61 Å². The van der Waals surface area contributed by atoms with E-state index in [1.54, 1.807) is 0 Å². The zero-order chi connectivity index (χ0) is 24.1. The number of benzene rings is 2. The molecule has 2 aromatic rings. The van der Waals surface area contributed by atoms with Crippen LogP contribution < -0.4 is 10.6 Å². The highest BCUT2D eigenvalue weighted by Crippen LogP contribution is 2.44. The van der Waals surface area contributed by atoms with Crippen molar-refractivity contribution >= 4 is 18.0 Å². The first-order valence-corrected chi connectivity index (χ1v) is 12.1. The topological polar surface area (TPSA) is 105 Å². The summed E-state index contributed by atoms with van der Waals surface area (Å²) in [5.41, 5.74) is 4.71. The lowest BCUT2D eigenvalue weighted by atomic mass is 9.98. The van der Waals surface area contributed by atoms with E-state index < -0.39 is 18.0 Å². The smallest absolute Gasteiger partial charge is 0.407 e. The SMILES string of the molecule is CC(CCCNC(=O)OCC1c2ccccc2-c2ccccc21)C(=O)N[C@H]1CCC[C@H]1C(=O)O. The first kappa shape index (κ1) is 23.8. The van der Waals surface area contributed by atoms with Gasteiger partial charge in [-0.1, -0.05) is 61.9 Å². The number of carbonyl (C=O) groups excluding carboxylic acids is 2. The van der Waals surface area contributed by atoms with E-state index in [0.29, 0.717) is 32.2 Å². The van der Waals surface area contributed by atoms with Crippen molar-refractivity contribution in [2.24, 2.45) is 11.8 Å². The van der Waals surface area contributed by atoms with Gasteiger partial charge >= 0.3 is 12.1 Å². The maximum atomic E-state index is 12.4. The van der Waals surface area contributed by atoms with Gasteiger partial charge in [0.25, 0.3) is 0 Å². The second kappa shape index (κ2) is 10.7. The average molecular weight is 465 g/mol. The van der Waals surface area contributed by atoms with Crippen molar-refractivity contribution in [1.82, 2.24) is 10.6 Å². The molecule has 7 heteroatoms. The Kier molecular flexibility index (Phi) is 7.50. The van der Waals surface area contributed by atoms with Gasteiger partial charge in [-0.2, -0.15) is 0 Å². The van der Waals surface area contributed by atoms with Gasteiger partial charge in [-0.15, -0.1) is 0 Å². The number of alkyl carbamates (subject to hydrolysis) is 1. The molecule has 4 rings (SSSR count). The van der Waals surface area contributed by atoms with Crippen LogP contribution in [0.15, 0.2) is 48.5 Å². The molecule has 2 aliphatic rings. The number of nitrogens with one attached hydrogen (secondary N) is 2. The van der Waals surface area contributed by atoms with Crippen LogP contribution in [0.1, 0.15) is 56.1 Å². The Balaban J connectivity index is 1.18. The Morgan fingerprint density at radius 3 is 2.32 bits per heavy atom. The maximum absolute atomic E-state index is 12.4. The molecule has 2 amide bonds. The van der Waals surface area contributed by atoms with E-state index in [4.69, 9.17) is 4.74 Å². The van der Waals surface area contributed by atoms with Gasteiger partial charge in [0.05, 0.1) is 5.92 Å². The number of hydrogen-bond acceptors (Lipinski definition) is 4. The van der Waals surface area contributed by atoms with Crippen LogP contribution in [0.25, 0.3) is 11.1 Å². The Bertz CT molecular complexity index is 1010. The number of carbonyl (C=O) groups is 3. The Morgan fingerprint density at radius 2 is 1.68 bits per heavy atom. The Labute approximate surface area is 199 Å². The number of hydrogen-bond donors (Lipinski definition) is 3. The highest BCUT2D eigenvalue weighted by Gasteiger charge is 2.34. The van der Waals surface area contributed by atoms with E-state index in [-0.39, 0.29) is 30.4 Å². The third-order valence-electron chi connectivity index (χ3n) is 7.04. The molecule has 0 heterocycles. The molecule has 0 bridgehead atoms. The highest BCUT2D eigenvalue weighted by molar-refractivity contribution is 5.80. The van der Waals surface area contributed by atoms with Gasteiger partial charge in [0, 0.05) is 24.4 Å². The summed E-state index contributed by atoms with van der Waals surface area (Å²) in [5, 5.41) is 14.9. The number of ether oxygens (including phenoxy) is 1. The van der Waals surface area contributed by atoms with E-state index in [9.17, 15) is 19.5 Å². The number of aliphatic carboxylic acids is 1. The first-order valence-electron chi connectivity index (χ1n) is 12.1. The van der Waals surface area contributed by atoms with Crippen molar-refractivity contribution in [3.05, 3.63) is 59.7 Å². The van der Waals surface area contributed by atoms with Crippen LogP contribution in [0.4, 0.5) is 4.79 Å². The van der Waals surface area contributed by atoms with E-state index in [2.05, 4.69) is 34.9 Å². The fraction of sp³-hybridized carbons (Fsp3) is 0.444. The van der Waals surface area contributed by atoms with E-state index >= 15 is 0 Å². The third-order valence-corrected chi connectivity index (χ3v) is 7.04. The quantitative estimate of drug-likeness (QED) is 0.480. The molecule has 2 aromatic carbocycles. The molecule has 1 saturated carbocycles. The summed E-state index contributed by atoms with van der Waals surface area (Å²) in [6.45, 7) is 2.51. The van der Waals surface area contributed by atoms with Crippen molar-refractivity contribution in [3.63, 3.8) is 0 Å². The summed E-state index contributed by atoms with van der Waals surface area (Å²) in [6, 6.07) is 16.1. The summed E-state index contributed by atoms with van der Waals surface area (Å²) >= 11 is 0. The molecule has 0 saturated heterocycles. The summed E-state index contributed by atoms with van der Waals surface area (Å²) in [6.07, 6.45) is 2.90. The summed E-state index contributed by atoms with van der Waals surface area (Å²) < 4.78 is 5.53. The van der Waals surface area contributed by atoms with Crippen LogP contribution in [-0.2, 0) is 14.3 Å². The molecule has 3 atom stereocenters. The van der Waals surface area contributed by atoms with Gasteiger partial charge in [-0.05, 0) is 47.9 Å². The minimum atomic E-state index is -0.845. The average Bonchev–Trinajstić information content (AvgIpc) is 3.43. The molecule has 0 aromatic heterocycles. The molecule has 180 valence electrons. The van der Waals surface area contributed by atoms with Crippen molar-refractivity contribution in [1.29, 1.82) is 0 Å². The molecule has 0 spiro atoms. The van der Waals surface area contributed by atoms with Crippen LogP contribution >= 0.6 is 0 Å². The van der Waals surface area contributed by atoms with Crippen molar-refractivity contribution in [3.8, 4) is 11.1 Å². The lowest BCUT2D eigenvalue weighted by Gasteiger charge is -2.20. The van der Waals surface area contributed by atoms with Gasteiger partial charge in [0.2, 0.25) is 5.91 Å². The monoisotopic (exact) mass is 464 g/mol.